The summed E-state index contributed by atoms with van der Waals surface area (Å²) in [7, 11) is 1.54. The topological polar surface area (TPSA) is 74.2 Å². The van der Waals surface area contributed by atoms with Crippen molar-refractivity contribution >= 4 is 5.78 Å². The van der Waals surface area contributed by atoms with Gasteiger partial charge in [-0.15, -0.1) is 0 Å². The molecular weight excluding hydrogens is 336 g/mol. The molecule has 2 aliphatic rings. The monoisotopic (exact) mass is 356 g/mol. The van der Waals surface area contributed by atoms with Crippen molar-refractivity contribution in [1.82, 2.24) is 0 Å². The first-order valence-corrected chi connectivity index (χ1v) is 8.50. The molecule has 4 rings (SSSR count). The van der Waals surface area contributed by atoms with E-state index in [1.165, 1.54) is 14.0 Å². The van der Waals surface area contributed by atoms with Crippen LogP contribution >= 0.6 is 0 Å². The van der Waals surface area contributed by atoms with Crippen LogP contribution in [0, 0.1) is 0 Å². The zero-order valence-corrected chi connectivity index (χ0v) is 14.8. The summed E-state index contributed by atoms with van der Waals surface area (Å²) >= 11 is 0. The van der Waals surface area contributed by atoms with Crippen molar-refractivity contribution in [3.8, 4) is 23.0 Å². The lowest BCUT2D eigenvalue weighted by Crippen LogP contribution is -2.16. The summed E-state index contributed by atoms with van der Waals surface area (Å²) in [6.07, 6.45) is -1.30. The van der Waals surface area contributed by atoms with E-state index in [1.807, 2.05) is 25.1 Å². The van der Waals surface area contributed by atoms with Gasteiger partial charge in [0.25, 0.3) is 0 Å². The van der Waals surface area contributed by atoms with Crippen LogP contribution in [0.25, 0.3) is 0 Å². The molecule has 0 aliphatic carbocycles. The molecule has 2 aliphatic heterocycles. The molecule has 26 heavy (non-hydrogen) atoms. The number of hydrogen-bond donors (Lipinski definition) is 1. The lowest BCUT2D eigenvalue weighted by Gasteiger charge is -2.16. The van der Waals surface area contributed by atoms with Gasteiger partial charge in [0.15, 0.2) is 28.8 Å². The van der Waals surface area contributed by atoms with E-state index in [0.717, 1.165) is 16.9 Å². The number of Topliss-reactive ketones (excluding diaryl/α,β-unsaturated/α-hetero) is 1. The van der Waals surface area contributed by atoms with Crippen molar-refractivity contribution in [1.29, 1.82) is 0 Å². The van der Waals surface area contributed by atoms with Crippen LogP contribution in [0.5, 0.6) is 23.0 Å². The van der Waals surface area contributed by atoms with Crippen molar-refractivity contribution in [2.24, 2.45) is 0 Å². The van der Waals surface area contributed by atoms with Gasteiger partial charge in [0.2, 0.25) is 6.79 Å². The minimum absolute atomic E-state index is 0.000945. The molecule has 2 aromatic rings. The molecule has 0 fully saturated rings. The van der Waals surface area contributed by atoms with Crippen molar-refractivity contribution in [3.05, 3.63) is 47.0 Å². The van der Waals surface area contributed by atoms with E-state index in [2.05, 4.69) is 0 Å². The van der Waals surface area contributed by atoms with Crippen LogP contribution in [0.4, 0.5) is 0 Å². The number of ketones is 1. The van der Waals surface area contributed by atoms with E-state index in [1.54, 1.807) is 12.1 Å². The van der Waals surface area contributed by atoms with Crippen molar-refractivity contribution in [2.75, 3.05) is 13.9 Å². The van der Waals surface area contributed by atoms with Crippen LogP contribution in [-0.2, 0) is 0 Å². The van der Waals surface area contributed by atoms with Gasteiger partial charge in [-0.1, -0.05) is 13.0 Å². The van der Waals surface area contributed by atoms with Crippen LogP contribution in [0.2, 0.25) is 0 Å². The second-order valence-electron chi connectivity index (χ2n) is 6.58. The first-order valence-electron chi connectivity index (χ1n) is 8.50. The smallest absolute Gasteiger partial charge is 0.231 e. The molecule has 0 radical (unpaired) electrons. The van der Waals surface area contributed by atoms with Crippen molar-refractivity contribution in [3.63, 3.8) is 0 Å². The molecule has 6 nitrogen and oxygen atoms in total. The predicted molar refractivity (Wildman–Crippen MR) is 93.4 cm³/mol. The molecule has 1 N–H and O–H groups in total. The summed E-state index contributed by atoms with van der Waals surface area (Å²) in [6.45, 7) is 3.72. The number of rotatable bonds is 4. The first kappa shape index (κ1) is 16.7. The summed E-state index contributed by atoms with van der Waals surface area (Å²) in [5, 5.41) is 9.62. The summed E-state index contributed by atoms with van der Waals surface area (Å²) < 4.78 is 22.4. The zero-order chi connectivity index (χ0) is 18.4. The van der Waals surface area contributed by atoms with Gasteiger partial charge in [-0.3, -0.25) is 4.79 Å². The Hall–Kier alpha value is -2.73. The Kier molecular flexibility index (Phi) is 4.00. The number of ether oxygens (including phenoxy) is 4. The lowest BCUT2D eigenvalue weighted by atomic mass is 9.90. The van der Waals surface area contributed by atoms with Gasteiger partial charge in [0, 0.05) is 17.0 Å². The highest BCUT2D eigenvalue weighted by Gasteiger charge is 2.36. The third kappa shape index (κ3) is 2.57. The van der Waals surface area contributed by atoms with Crippen LogP contribution < -0.4 is 18.9 Å². The van der Waals surface area contributed by atoms with Crippen molar-refractivity contribution in [2.45, 2.75) is 32.0 Å². The van der Waals surface area contributed by atoms with Gasteiger partial charge in [0.05, 0.1) is 7.11 Å². The summed E-state index contributed by atoms with van der Waals surface area (Å²) in [5.74, 6) is 2.20. The minimum atomic E-state index is -1.07. The van der Waals surface area contributed by atoms with Gasteiger partial charge in [-0.25, -0.2) is 0 Å². The number of carbonyl (C=O) groups excluding carboxylic acids is 1. The molecule has 0 saturated carbocycles. The van der Waals surface area contributed by atoms with E-state index in [-0.39, 0.29) is 24.6 Å². The molecule has 3 atom stereocenters. The van der Waals surface area contributed by atoms with Gasteiger partial charge in [0.1, 0.15) is 12.2 Å². The van der Waals surface area contributed by atoms with Crippen LogP contribution in [0.1, 0.15) is 47.4 Å². The lowest BCUT2D eigenvalue weighted by molar-refractivity contribution is 0.0779. The zero-order valence-electron chi connectivity index (χ0n) is 14.8. The Morgan fingerprint density at radius 1 is 1.23 bits per heavy atom. The third-order valence-electron chi connectivity index (χ3n) is 4.88. The maximum Gasteiger partial charge on any atom is 0.231 e. The van der Waals surface area contributed by atoms with Crippen LogP contribution in [0.3, 0.4) is 0 Å². The molecule has 0 saturated heterocycles. The summed E-state index contributed by atoms with van der Waals surface area (Å²) in [4.78, 5) is 12.2. The Morgan fingerprint density at radius 3 is 2.73 bits per heavy atom. The number of aliphatic hydroxyl groups excluding tert-OH is 1. The molecule has 2 heterocycles. The van der Waals surface area contributed by atoms with Gasteiger partial charge in [-0.2, -0.15) is 0 Å². The van der Waals surface area contributed by atoms with E-state index >= 15 is 0 Å². The molecule has 0 amide bonds. The molecule has 0 bridgehead atoms. The summed E-state index contributed by atoms with van der Waals surface area (Å²) in [6, 6.07) is 9.14. The van der Waals surface area contributed by atoms with E-state index < -0.39 is 6.10 Å². The summed E-state index contributed by atoms with van der Waals surface area (Å²) in [5.41, 5.74) is 2.26. The Balaban J connectivity index is 1.73. The average Bonchev–Trinajstić information content (AvgIpc) is 3.24. The number of methoxy groups -OCH3 is 1. The minimum Gasteiger partial charge on any atom is -0.493 e. The normalized spacial score (nSPS) is 21.1. The first-order chi connectivity index (χ1) is 12.5. The number of carbonyl (C=O) groups is 1. The molecule has 2 aromatic carbocycles. The highest BCUT2D eigenvalue weighted by molar-refractivity contribution is 6.00. The fraction of sp³-hybridized carbons (Fsp3) is 0.350. The average molecular weight is 356 g/mol. The number of aliphatic hydroxyl groups is 1. The predicted octanol–water partition coefficient (Wildman–Crippen LogP) is 3.22. The second kappa shape index (κ2) is 6.21. The maximum atomic E-state index is 12.2. The third-order valence-corrected chi connectivity index (χ3v) is 4.88. The highest BCUT2D eigenvalue weighted by Crippen LogP contribution is 2.51. The SMILES string of the molecule is COc1cc(C(=O)C(C)O)cc2c1OC(c1ccc3c(c1)OCO3)C2C. The molecule has 136 valence electrons. The number of benzene rings is 2. The Bertz CT molecular complexity index is 873. The number of fused-ring (bicyclic) bond motifs is 2. The van der Waals surface area contributed by atoms with Gasteiger partial charge in [-0.05, 0) is 36.8 Å². The van der Waals surface area contributed by atoms with E-state index in [9.17, 15) is 9.90 Å². The highest BCUT2D eigenvalue weighted by atomic mass is 16.7. The molecule has 0 aromatic heterocycles. The van der Waals surface area contributed by atoms with Gasteiger partial charge >= 0.3 is 0 Å². The quantitative estimate of drug-likeness (QED) is 0.848. The maximum absolute atomic E-state index is 12.2. The molecule has 6 heteroatoms. The Labute approximate surface area is 151 Å². The van der Waals surface area contributed by atoms with Gasteiger partial charge < -0.3 is 24.1 Å². The van der Waals surface area contributed by atoms with Crippen LogP contribution in [0.15, 0.2) is 30.3 Å². The number of hydrogen-bond acceptors (Lipinski definition) is 6. The fourth-order valence-electron chi connectivity index (χ4n) is 3.46. The molecule has 0 spiro atoms. The van der Waals surface area contributed by atoms with E-state index in [0.29, 0.717) is 22.8 Å². The van der Waals surface area contributed by atoms with Crippen molar-refractivity contribution < 1.29 is 28.8 Å². The van der Waals surface area contributed by atoms with E-state index in [4.69, 9.17) is 18.9 Å². The fourth-order valence-corrected chi connectivity index (χ4v) is 3.46. The molecule has 3 unspecified atom stereocenters. The standard InChI is InChI=1S/C20H20O6/c1-10-14-6-13(18(22)11(2)21)8-17(23-3)20(14)26-19(10)12-4-5-15-16(7-12)25-9-24-15/h4-8,10-11,19,21H,9H2,1-3H3. The molecular formula is C20H20O6. The largest absolute Gasteiger partial charge is 0.493 e. The Morgan fingerprint density at radius 2 is 2.00 bits per heavy atom. The second-order valence-corrected chi connectivity index (χ2v) is 6.58. The van der Waals surface area contributed by atoms with Crippen LogP contribution in [-0.4, -0.2) is 30.9 Å².